The number of aryl methyl sites for hydroxylation is 1. The summed E-state index contributed by atoms with van der Waals surface area (Å²) >= 11 is 0. The molecule has 3 aromatic carbocycles. The second kappa shape index (κ2) is 31.5. The van der Waals surface area contributed by atoms with Crippen LogP contribution in [0.25, 0.3) is 44.3 Å². The van der Waals surface area contributed by atoms with Crippen molar-refractivity contribution in [2.45, 2.75) is 51.5 Å². The summed E-state index contributed by atoms with van der Waals surface area (Å²) in [4.78, 5) is 90.8. The van der Waals surface area contributed by atoms with Crippen LogP contribution in [-0.2, 0) is 63.7 Å². The van der Waals surface area contributed by atoms with Crippen LogP contribution in [0.1, 0.15) is 44.1 Å². The van der Waals surface area contributed by atoms with Crippen molar-refractivity contribution in [1.29, 1.82) is 0 Å². The Bertz CT molecular complexity index is 3380. The van der Waals surface area contributed by atoms with E-state index in [4.69, 9.17) is 4.74 Å². The maximum atomic E-state index is 13.2. The first-order valence-electron chi connectivity index (χ1n) is 24.8. The molecule has 0 bridgehead atoms. The second-order valence-corrected chi connectivity index (χ2v) is 19.0. The van der Waals surface area contributed by atoms with Gasteiger partial charge in [-0.2, -0.15) is 8.42 Å². The quantitative estimate of drug-likeness (QED) is 0.0120. The number of carbonyl (C=O) groups is 6. The van der Waals surface area contributed by atoms with E-state index in [0.29, 0.717) is 46.3 Å². The van der Waals surface area contributed by atoms with E-state index in [1.807, 2.05) is 25.1 Å². The van der Waals surface area contributed by atoms with E-state index in [9.17, 15) is 59.3 Å². The molecule has 5 N–H and O–H groups in total. The van der Waals surface area contributed by atoms with E-state index in [2.05, 4.69) is 53.3 Å². The number of fused-ring (bicyclic) bond motifs is 3. The Morgan fingerprint density at radius 2 is 1.23 bits per heavy atom. The van der Waals surface area contributed by atoms with Gasteiger partial charge in [0, 0.05) is 123 Å². The average Bonchev–Trinajstić information content (AvgIpc) is 3.77. The number of rotatable bonds is 22. The molecule has 7 aromatic rings. The molecule has 81 heavy (non-hydrogen) atoms. The van der Waals surface area contributed by atoms with E-state index < -0.39 is 68.8 Å². The van der Waals surface area contributed by atoms with Gasteiger partial charge in [0.1, 0.15) is 11.8 Å². The standard InChI is InChI=1S/C34H41N7O10S.2C11H6F2N.Ir/c1-22-12-15-36-32-23(22)8-9-24-25(13-16-37-33(24)32)39-28(43)6-4-7-29(44)40-26(21-52(48,49)50)34(47)38-14-3-2-5-27(42)35-17-19-51-20-18-41-30(45)10-11-31(41)46;2*12-8-4-5-9(10(13)7-8)11-3-1-2-6-14-11;/h8-13,15-16,26H,2-7,14,17-21H2,1H3,(H,35,42)(H,38,47)(H,40,44)(H,37,39,43)(H,48,49,50);2*1-4,6-7H;/q;2*-1;. The molecule has 0 saturated heterocycles. The fourth-order valence-electron chi connectivity index (χ4n) is 7.67. The SMILES string of the molecule is Cc1ccnc2c1ccc1c(NC(=O)CCCC(=O)NC(CS(=O)(=O)O)C(=O)NCCCCC(=O)NCCOCCN3C(=O)C=CC3=O)ccnc12.Fc1c[c-]c(-c2ccccn2)c(F)c1.Fc1c[c-]c(-c2ccccn2)c(F)c1.[Ir]. The molecule has 1 unspecified atom stereocenters. The molecule has 4 aromatic heterocycles. The van der Waals surface area contributed by atoms with Crippen LogP contribution in [0.15, 0.2) is 122 Å². The number of anilines is 1. The first kappa shape index (κ1) is 63.6. The van der Waals surface area contributed by atoms with Crippen molar-refractivity contribution in [3.8, 4) is 22.5 Å². The van der Waals surface area contributed by atoms with Crippen LogP contribution in [0, 0.1) is 42.3 Å². The summed E-state index contributed by atoms with van der Waals surface area (Å²) in [5.41, 5.74) is 4.19. The van der Waals surface area contributed by atoms with Crippen LogP contribution in [0.5, 0.6) is 0 Å². The molecule has 1 atom stereocenters. The van der Waals surface area contributed by atoms with E-state index in [0.717, 1.165) is 40.1 Å². The molecular weight excluding hydrogens is 1260 g/mol. The fourth-order valence-corrected chi connectivity index (χ4v) is 8.32. The van der Waals surface area contributed by atoms with Crippen molar-refractivity contribution < 1.29 is 84.1 Å². The van der Waals surface area contributed by atoms with Crippen molar-refractivity contribution >= 4 is 73.1 Å². The third-order valence-electron chi connectivity index (χ3n) is 11.6. The van der Waals surface area contributed by atoms with Gasteiger partial charge in [-0.1, -0.05) is 53.6 Å². The number of halogens is 4. The number of ether oxygens (including phenoxy) is 1. The minimum Gasteiger partial charge on any atom is -0.378 e. The number of hydrogen-bond donors (Lipinski definition) is 5. The first-order chi connectivity index (χ1) is 38.4. The van der Waals surface area contributed by atoms with Crippen molar-refractivity contribution in [2.24, 2.45) is 0 Å². The predicted octanol–water partition coefficient (Wildman–Crippen LogP) is 6.57. The van der Waals surface area contributed by atoms with E-state index in [-0.39, 0.29) is 102 Å². The first-order valence-corrected chi connectivity index (χ1v) is 26.4. The Balaban J connectivity index is 0.000000332. The Hall–Kier alpha value is -8.22. The van der Waals surface area contributed by atoms with Crippen molar-refractivity contribution in [1.82, 2.24) is 40.8 Å². The molecule has 0 aliphatic carbocycles. The third kappa shape index (κ3) is 20.1. The molecule has 427 valence electrons. The number of nitrogens with zero attached hydrogens (tertiary/aromatic N) is 5. The van der Waals surface area contributed by atoms with Gasteiger partial charge in [0.05, 0.1) is 36.5 Å². The third-order valence-corrected chi connectivity index (χ3v) is 12.3. The number of pyridine rings is 4. The molecule has 6 amide bonds. The van der Waals surface area contributed by atoms with Crippen LogP contribution < -0.4 is 21.3 Å². The molecule has 1 radical (unpaired) electrons. The molecular formula is C56H53F4IrN9O10S-2. The molecule has 8 rings (SSSR count). The van der Waals surface area contributed by atoms with E-state index >= 15 is 0 Å². The largest absolute Gasteiger partial charge is 0.378 e. The Kier molecular flexibility index (Phi) is 24.8. The van der Waals surface area contributed by atoms with Crippen LogP contribution in [0.3, 0.4) is 0 Å². The van der Waals surface area contributed by atoms with E-state index in [1.54, 1.807) is 67.3 Å². The summed E-state index contributed by atoms with van der Waals surface area (Å²) in [5, 5.41) is 11.9. The Morgan fingerprint density at radius 1 is 0.667 bits per heavy atom. The van der Waals surface area contributed by atoms with Gasteiger partial charge in [0.25, 0.3) is 21.9 Å². The van der Waals surface area contributed by atoms with Gasteiger partial charge in [-0.15, -0.1) is 24.3 Å². The summed E-state index contributed by atoms with van der Waals surface area (Å²) in [7, 11) is -4.63. The molecule has 0 fully saturated rings. The number of nitrogens with one attached hydrogen (secondary N) is 4. The Morgan fingerprint density at radius 3 is 1.81 bits per heavy atom. The predicted molar refractivity (Wildman–Crippen MR) is 286 cm³/mol. The summed E-state index contributed by atoms with van der Waals surface area (Å²) < 4.78 is 89.4. The van der Waals surface area contributed by atoms with Gasteiger partial charge < -0.3 is 36.0 Å². The van der Waals surface area contributed by atoms with Gasteiger partial charge in [-0.3, -0.25) is 65.7 Å². The van der Waals surface area contributed by atoms with Gasteiger partial charge in [-0.25, -0.2) is 0 Å². The van der Waals surface area contributed by atoms with Crippen molar-refractivity contribution in [3.05, 3.63) is 163 Å². The van der Waals surface area contributed by atoms with Crippen molar-refractivity contribution in [2.75, 3.05) is 43.9 Å². The maximum absolute atomic E-state index is 13.2. The van der Waals surface area contributed by atoms with Crippen LogP contribution in [0.2, 0.25) is 0 Å². The zero-order valence-electron chi connectivity index (χ0n) is 43.2. The summed E-state index contributed by atoms with van der Waals surface area (Å²) in [6.07, 6.45) is 9.48. The maximum Gasteiger partial charge on any atom is 0.267 e. The topological polar surface area (TPSA) is 269 Å². The molecule has 0 saturated carbocycles. The van der Waals surface area contributed by atoms with Crippen molar-refractivity contribution in [3.63, 3.8) is 0 Å². The zero-order chi connectivity index (χ0) is 57.6. The van der Waals surface area contributed by atoms with Crippen LogP contribution in [0.4, 0.5) is 23.2 Å². The number of carbonyl (C=O) groups excluding carboxylic acids is 6. The van der Waals surface area contributed by atoms with Gasteiger partial charge >= 0.3 is 0 Å². The van der Waals surface area contributed by atoms with Gasteiger partial charge in [0.2, 0.25) is 23.6 Å². The number of benzene rings is 3. The van der Waals surface area contributed by atoms with E-state index in [1.165, 1.54) is 12.2 Å². The minimum absolute atomic E-state index is 0. The molecule has 0 spiro atoms. The zero-order valence-corrected chi connectivity index (χ0v) is 46.4. The fraction of sp³-hybridized carbons (Fsp3) is 0.250. The van der Waals surface area contributed by atoms with Crippen LogP contribution in [-0.4, -0.2) is 118 Å². The molecule has 19 nitrogen and oxygen atoms in total. The summed E-state index contributed by atoms with van der Waals surface area (Å²) in [5.74, 6) is -6.56. The molecule has 1 aliphatic heterocycles. The van der Waals surface area contributed by atoms with Gasteiger partial charge in [-0.05, 0) is 73.5 Å². The number of unbranched alkanes of at least 4 members (excludes halogenated alkanes) is 1. The smallest absolute Gasteiger partial charge is 0.267 e. The summed E-state index contributed by atoms with van der Waals surface area (Å²) in [6.45, 7) is 2.68. The minimum atomic E-state index is -4.63. The van der Waals surface area contributed by atoms with Crippen LogP contribution >= 0.6 is 0 Å². The Labute approximate surface area is 476 Å². The normalized spacial score (nSPS) is 12.1. The molecule has 5 heterocycles. The monoisotopic (exact) mass is 1310 g/mol. The summed E-state index contributed by atoms with van der Waals surface area (Å²) in [6, 6.07) is 24.8. The number of imide groups is 1. The number of amides is 6. The van der Waals surface area contributed by atoms with Gasteiger partial charge in [0.15, 0.2) is 0 Å². The second-order valence-electron chi connectivity index (χ2n) is 17.5. The number of aromatic nitrogens is 4. The average molecular weight is 1310 g/mol. The number of hydrogen-bond acceptors (Lipinski definition) is 13. The molecule has 25 heteroatoms. The molecule has 1 aliphatic rings.